The highest BCUT2D eigenvalue weighted by Gasteiger charge is 2.30. The van der Waals surface area contributed by atoms with E-state index in [1.165, 1.54) is 17.3 Å². The molecule has 3 heterocycles. The number of ether oxygens (including phenoxy) is 1. The summed E-state index contributed by atoms with van der Waals surface area (Å²) in [6.07, 6.45) is 2.34. The normalized spacial score (nSPS) is 17.1. The molecule has 0 bridgehead atoms. The first-order chi connectivity index (χ1) is 13.4. The first-order valence-electron chi connectivity index (χ1n) is 9.31. The van der Waals surface area contributed by atoms with Crippen LogP contribution in [-0.4, -0.2) is 32.6 Å². The molecule has 1 aliphatic heterocycles. The molecule has 7 heteroatoms. The second kappa shape index (κ2) is 7.47. The number of carbonyl (C=O) groups excluding carboxylic acids is 1. The summed E-state index contributed by atoms with van der Waals surface area (Å²) in [6, 6.07) is 12.2. The number of furan rings is 1. The van der Waals surface area contributed by atoms with E-state index in [1.54, 1.807) is 6.26 Å². The number of benzene rings is 1. The van der Waals surface area contributed by atoms with Crippen LogP contribution in [0.15, 0.2) is 52.2 Å². The summed E-state index contributed by atoms with van der Waals surface area (Å²) in [7, 11) is 0. The second-order valence-electron chi connectivity index (χ2n) is 7.86. The first kappa shape index (κ1) is 18.8. The fourth-order valence-electron chi connectivity index (χ4n) is 3.12. The number of aromatic nitrogens is 3. The minimum Gasteiger partial charge on any atom is -0.467 e. The summed E-state index contributed by atoms with van der Waals surface area (Å²) in [4.78, 5) is 11.9. The summed E-state index contributed by atoms with van der Waals surface area (Å²) < 4.78 is 12.6. The zero-order valence-corrected chi connectivity index (χ0v) is 17.0. The maximum absolute atomic E-state index is 11.9. The quantitative estimate of drug-likeness (QED) is 0.598. The fourth-order valence-corrected chi connectivity index (χ4v) is 4.12. The highest BCUT2D eigenvalue weighted by Crippen LogP contribution is 2.32. The zero-order valence-electron chi connectivity index (χ0n) is 16.2. The zero-order chi connectivity index (χ0) is 19.7. The molecule has 0 saturated carbocycles. The largest absolute Gasteiger partial charge is 0.467 e. The molecular formula is C21H23N3O3S. The van der Waals surface area contributed by atoms with Crippen molar-refractivity contribution in [1.29, 1.82) is 0 Å². The Morgan fingerprint density at radius 2 is 1.96 bits per heavy atom. The molecule has 0 unspecified atom stereocenters. The SMILES string of the molecule is CC(C)(C)c1ccc(-c2nnc(S[C@H]3CCOC3=O)n2Cc2ccco2)cc1. The lowest BCUT2D eigenvalue weighted by Gasteiger charge is -2.19. The van der Waals surface area contributed by atoms with Crippen LogP contribution in [0.25, 0.3) is 11.4 Å². The molecule has 1 aromatic carbocycles. The Bertz CT molecular complexity index is 956. The number of hydrogen-bond acceptors (Lipinski definition) is 6. The monoisotopic (exact) mass is 397 g/mol. The average molecular weight is 398 g/mol. The maximum atomic E-state index is 11.9. The van der Waals surface area contributed by atoms with E-state index < -0.39 is 0 Å². The highest BCUT2D eigenvalue weighted by atomic mass is 32.2. The molecule has 0 amide bonds. The van der Waals surface area contributed by atoms with E-state index in [1.807, 2.05) is 16.7 Å². The third kappa shape index (κ3) is 3.85. The van der Waals surface area contributed by atoms with Gasteiger partial charge in [0, 0.05) is 12.0 Å². The van der Waals surface area contributed by atoms with E-state index in [-0.39, 0.29) is 16.6 Å². The van der Waals surface area contributed by atoms with Gasteiger partial charge in [0.2, 0.25) is 0 Å². The van der Waals surface area contributed by atoms with Gasteiger partial charge < -0.3 is 9.15 Å². The molecule has 0 radical (unpaired) electrons. The van der Waals surface area contributed by atoms with Gasteiger partial charge in [0.15, 0.2) is 11.0 Å². The molecular weight excluding hydrogens is 374 g/mol. The molecule has 1 saturated heterocycles. The van der Waals surface area contributed by atoms with Crippen molar-refractivity contribution in [2.24, 2.45) is 0 Å². The average Bonchev–Trinajstić information content (AvgIpc) is 3.39. The molecule has 2 aromatic heterocycles. The molecule has 146 valence electrons. The van der Waals surface area contributed by atoms with Crippen LogP contribution in [0, 0.1) is 0 Å². The van der Waals surface area contributed by atoms with Gasteiger partial charge in [-0.3, -0.25) is 9.36 Å². The van der Waals surface area contributed by atoms with Crippen molar-refractivity contribution in [2.75, 3.05) is 6.61 Å². The van der Waals surface area contributed by atoms with Crippen molar-refractivity contribution >= 4 is 17.7 Å². The number of hydrogen-bond donors (Lipinski definition) is 0. The van der Waals surface area contributed by atoms with Crippen LogP contribution in [0.4, 0.5) is 0 Å². The topological polar surface area (TPSA) is 70.2 Å². The minimum atomic E-state index is -0.240. The Balaban J connectivity index is 1.69. The van der Waals surface area contributed by atoms with Gasteiger partial charge in [-0.1, -0.05) is 56.8 Å². The van der Waals surface area contributed by atoms with Gasteiger partial charge in [-0.15, -0.1) is 10.2 Å². The Morgan fingerprint density at radius 3 is 2.57 bits per heavy atom. The van der Waals surface area contributed by atoms with Crippen LogP contribution >= 0.6 is 11.8 Å². The van der Waals surface area contributed by atoms with Gasteiger partial charge in [-0.05, 0) is 23.1 Å². The maximum Gasteiger partial charge on any atom is 0.319 e. The lowest BCUT2D eigenvalue weighted by molar-refractivity contribution is -0.137. The van der Waals surface area contributed by atoms with Crippen LogP contribution < -0.4 is 0 Å². The second-order valence-corrected chi connectivity index (χ2v) is 9.03. The van der Waals surface area contributed by atoms with E-state index in [0.717, 1.165) is 17.1 Å². The lowest BCUT2D eigenvalue weighted by Crippen LogP contribution is -2.12. The van der Waals surface area contributed by atoms with E-state index in [0.29, 0.717) is 24.7 Å². The minimum absolute atomic E-state index is 0.0875. The van der Waals surface area contributed by atoms with Crippen LogP contribution in [-0.2, 0) is 21.5 Å². The molecule has 1 atom stereocenters. The summed E-state index contributed by atoms with van der Waals surface area (Å²) in [5, 5.41) is 9.24. The van der Waals surface area contributed by atoms with E-state index in [9.17, 15) is 4.79 Å². The predicted molar refractivity (Wildman–Crippen MR) is 107 cm³/mol. The number of cyclic esters (lactones) is 1. The third-order valence-electron chi connectivity index (χ3n) is 4.75. The van der Waals surface area contributed by atoms with Gasteiger partial charge in [0.05, 0.1) is 19.4 Å². The summed E-state index contributed by atoms with van der Waals surface area (Å²) >= 11 is 1.40. The summed E-state index contributed by atoms with van der Waals surface area (Å²) in [5.74, 6) is 1.38. The van der Waals surface area contributed by atoms with Crippen molar-refractivity contribution in [1.82, 2.24) is 14.8 Å². The molecule has 28 heavy (non-hydrogen) atoms. The number of esters is 1. The van der Waals surface area contributed by atoms with E-state index >= 15 is 0 Å². The molecule has 0 aliphatic carbocycles. The van der Waals surface area contributed by atoms with Gasteiger partial charge >= 0.3 is 5.97 Å². The van der Waals surface area contributed by atoms with Crippen molar-refractivity contribution in [3.05, 3.63) is 54.0 Å². The Kier molecular flexibility index (Phi) is 5.02. The van der Waals surface area contributed by atoms with Crippen molar-refractivity contribution in [2.45, 2.75) is 49.6 Å². The molecule has 1 fully saturated rings. The molecule has 6 nitrogen and oxygen atoms in total. The van der Waals surface area contributed by atoms with Gasteiger partial charge in [-0.25, -0.2) is 0 Å². The predicted octanol–water partition coefficient (Wildman–Crippen LogP) is 4.29. The molecule has 1 aliphatic rings. The summed E-state index contributed by atoms with van der Waals surface area (Å²) in [6.45, 7) is 7.54. The highest BCUT2D eigenvalue weighted by molar-refractivity contribution is 8.00. The Labute approximate surface area is 168 Å². The summed E-state index contributed by atoms with van der Waals surface area (Å²) in [5.41, 5.74) is 2.33. The fraction of sp³-hybridized carbons (Fsp3) is 0.381. The van der Waals surface area contributed by atoms with Gasteiger partial charge in [-0.2, -0.15) is 0 Å². The van der Waals surface area contributed by atoms with Crippen LogP contribution in [0.5, 0.6) is 0 Å². The Hall–Kier alpha value is -2.54. The lowest BCUT2D eigenvalue weighted by atomic mass is 9.87. The van der Waals surface area contributed by atoms with E-state index in [2.05, 4.69) is 55.2 Å². The van der Waals surface area contributed by atoms with Crippen LogP contribution in [0.1, 0.15) is 38.5 Å². The molecule has 3 aromatic rings. The van der Waals surface area contributed by atoms with Crippen molar-refractivity contribution < 1.29 is 13.9 Å². The number of thioether (sulfide) groups is 1. The van der Waals surface area contributed by atoms with Crippen LogP contribution in [0.3, 0.4) is 0 Å². The number of nitrogens with zero attached hydrogens (tertiary/aromatic N) is 3. The number of rotatable bonds is 5. The Morgan fingerprint density at radius 1 is 1.18 bits per heavy atom. The molecule has 0 spiro atoms. The molecule has 0 N–H and O–H groups in total. The van der Waals surface area contributed by atoms with E-state index in [4.69, 9.17) is 9.15 Å². The van der Waals surface area contributed by atoms with Crippen molar-refractivity contribution in [3.63, 3.8) is 0 Å². The third-order valence-corrected chi connectivity index (χ3v) is 5.98. The first-order valence-corrected chi connectivity index (χ1v) is 10.2. The standard InChI is InChI=1S/C21H23N3O3S/c1-21(2,3)15-8-6-14(7-9-15)18-22-23-20(28-17-10-12-27-19(17)25)24(18)13-16-5-4-11-26-16/h4-9,11,17H,10,12-13H2,1-3H3/t17-/m0/s1. The van der Waals surface area contributed by atoms with Gasteiger partial charge in [0.1, 0.15) is 11.0 Å². The van der Waals surface area contributed by atoms with Crippen molar-refractivity contribution in [3.8, 4) is 11.4 Å². The number of carbonyl (C=O) groups is 1. The molecule has 4 rings (SSSR count). The van der Waals surface area contributed by atoms with Gasteiger partial charge in [0.25, 0.3) is 0 Å². The van der Waals surface area contributed by atoms with Crippen LogP contribution in [0.2, 0.25) is 0 Å². The smallest absolute Gasteiger partial charge is 0.319 e.